The summed E-state index contributed by atoms with van der Waals surface area (Å²) in [5, 5.41) is 21.2. The molecule has 1 aliphatic heterocycles. The van der Waals surface area contributed by atoms with Crippen LogP contribution < -0.4 is 4.90 Å². The molecule has 2 aliphatic rings. The molecule has 3 rings (SSSR count). The second-order valence-corrected chi connectivity index (χ2v) is 7.07. The van der Waals surface area contributed by atoms with E-state index in [0.717, 1.165) is 32.3 Å². The average molecular weight is 390 g/mol. The number of aromatic nitrogens is 1. The van der Waals surface area contributed by atoms with Crippen LogP contribution in [-0.4, -0.2) is 64.7 Å². The van der Waals surface area contributed by atoms with Gasteiger partial charge in [0.2, 0.25) is 5.76 Å². The van der Waals surface area contributed by atoms with E-state index >= 15 is 0 Å². The first kappa shape index (κ1) is 20.1. The van der Waals surface area contributed by atoms with Gasteiger partial charge in [0.1, 0.15) is 12.0 Å². The highest BCUT2D eigenvalue weighted by Gasteiger charge is 2.27. The summed E-state index contributed by atoms with van der Waals surface area (Å²) in [7, 11) is 0. The molecule has 0 unspecified atom stereocenters. The fourth-order valence-corrected chi connectivity index (χ4v) is 3.89. The Hall–Kier alpha value is -2.68. The largest absolute Gasteiger partial charge is 0.502 e. The standard InChI is InChI=1S/C19H26N4O5/c1-2-28-19(25)17(24)11-14-12-18(20-13-16(14)23(26)27)22-9-7-21(8-10-22)15-5-3-4-6-15/h11-13,15,24H,2-10H2,1H3/b17-11+. The van der Waals surface area contributed by atoms with Crippen molar-refractivity contribution in [3.63, 3.8) is 0 Å². The van der Waals surface area contributed by atoms with E-state index in [-0.39, 0.29) is 17.9 Å². The molecular formula is C19H26N4O5. The summed E-state index contributed by atoms with van der Waals surface area (Å²) < 4.78 is 4.72. The lowest BCUT2D eigenvalue weighted by Crippen LogP contribution is -2.50. The molecule has 0 radical (unpaired) electrons. The highest BCUT2D eigenvalue weighted by Crippen LogP contribution is 2.28. The van der Waals surface area contributed by atoms with Gasteiger partial charge in [0.05, 0.1) is 17.1 Å². The number of piperazine rings is 1. The van der Waals surface area contributed by atoms with E-state index < -0.39 is 16.7 Å². The van der Waals surface area contributed by atoms with Gasteiger partial charge in [-0.3, -0.25) is 15.0 Å². The number of hydrogen-bond donors (Lipinski definition) is 1. The number of nitro groups is 1. The van der Waals surface area contributed by atoms with Crippen molar-refractivity contribution in [2.75, 3.05) is 37.7 Å². The van der Waals surface area contributed by atoms with Gasteiger partial charge in [-0.2, -0.15) is 0 Å². The molecule has 9 heteroatoms. The Kier molecular flexibility index (Phi) is 6.45. The van der Waals surface area contributed by atoms with Crippen LogP contribution >= 0.6 is 0 Å². The fourth-order valence-electron chi connectivity index (χ4n) is 3.89. The minimum atomic E-state index is -0.916. The van der Waals surface area contributed by atoms with Gasteiger partial charge in [0, 0.05) is 38.3 Å². The van der Waals surface area contributed by atoms with Crippen LogP contribution in [0, 0.1) is 10.1 Å². The zero-order valence-electron chi connectivity index (χ0n) is 16.0. The van der Waals surface area contributed by atoms with Crippen molar-refractivity contribution in [2.45, 2.75) is 38.6 Å². The van der Waals surface area contributed by atoms with Crippen molar-refractivity contribution in [2.24, 2.45) is 0 Å². The molecule has 9 nitrogen and oxygen atoms in total. The van der Waals surface area contributed by atoms with Gasteiger partial charge in [0.15, 0.2) is 0 Å². The molecule has 152 valence electrons. The molecule has 2 heterocycles. The van der Waals surface area contributed by atoms with E-state index in [1.54, 1.807) is 13.0 Å². The van der Waals surface area contributed by atoms with Gasteiger partial charge in [-0.1, -0.05) is 12.8 Å². The zero-order chi connectivity index (χ0) is 20.1. The molecule has 1 saturated heterocycles. The van der Waals surface area contributed by atoms with Crippen LogP contribution in [0.15, 0.2) is 18.0 Å². The molecule has 0 atom stereocenters. The Morgan fingerprint density at radius 3 is 2.64 bits per heavy atom. The topological polar surface area (TPSA) is 109 Å². The predicted molar refractivity (Wildman–Crippen MR) is 104 cm³/mol. The lowest BCUT2D eigenvalue weighted by molar-refractivity contribution is -0.385. The molecule has 1 aromatic heterocycles. The van der Waals surface area contributed by atoms with Crippen molar-refractivity contribution >= 4 is 23.6 Å². The number of aliphatic hydroxyl groups excluding tert-OH is 1. The summed E-state index contributed by atoms with van der Waals surface area (Å²) in [4.78, 5) is 31.2. The second-order valence-electron chi connectivity index (χ2n) is 7.07. The minimum absolute atomic E-state index is 0.103. The maximum Gasteiger partial charge on any atom is 0.373 e. The number of aliphatic hydroxyl groups is 1. The van der Waals surface area contributed by atoms with Gasteiger partial charge in [-0.15, -0.1) is 0 Å². The lowest BCUT2D eigenvalue weighted by atomic mass is 10.1. The van der Waals surface area contributed by atoms with Gasteiger partial charge in [-0.25, -0.2) is 9.78 Å². The van der Waals surface area contributed by atoms with E-state index in [0.29, 0.717) is 11.9 Å². The number of nitrogens with zero attached hydrogens (tertiary/aromatic N) is 4. The quantitative estimate of drug-likeness (QED) is 0.259. The van der Waals surface area contributed by atoms with Crippen LogP contribution in [0.25, 0.3) is 6.08 Å². The summed E-state index contributed by atoms with van der Waals surface area (Å²) in [6.45, 7) is 5.16. The van der Waals surface area contributed by atoms with E-state index in [2.05, 4.69) is 14.8 Å². The van der Waals surface area contributed by atoms with E-state index in [9.17, 15) is 20.0 Å². The Morgan fingerprint density at radius 1 is 1.36 bits per heavy atom. The first-order valence-electron chi connectivity index (χ1n) is 9.70. The third-order valence-corrected chi connectivity index (χ3v) is 5.35. The molecule has 1 N–H and O–H groups in total. The van der Waals surface area contributed by atoms with E-state index in [1.165, 1.54) is 31.9 Å². The summed E-state index contributed by atoms with van der Waals surface area (Å²) in [6.07, 6.45) is 7.36. The summed E-state index contributed by atoms with van der Waals surface area (Å²) in [5.41, 5.74) is -0.150. The van der Waals surface area contributed by atoms with Crippen molar-refractivity contribution in [1.82, 2.24) is 9.88 Å². The van der Waals surface area contributed by atoms with Crippen LogP contribution in [0.1, 0.15) is 38.2 Å². The SMILES string of the molecule is CCOC(=O)/C(O)=C\c1cc(N2CCN(C3CCCC3)CC2)ncc1[N+](=O)[O-]. The predicted octanol–water partition coefficient (Wildman–Crippen LogP) is 2.52. The van der Waals surface area contributed by atoms with Gasteiger partial charge >= 0.3 is 5.97 Å². The maximum atomic E-state index is 11.6. The number of esters is 1. The number of pyridine rings is 1. The minimum Gasteiger partial charge on any atom is -0.502 e. The van der Waals surface area contributed by atoms with Crippen LogP contribution in [-0.2, 0) is 9.53 Å². The lowest BCUT2D eigenvalue weighted by Gasteiger charge is -2.38. The molecule has 2 fully saturated rings. The Labute approximate surface area is 163 Å². The van der Waals surface area contributed by atoms with Crippen molar-refractivity contribution in [1.29, 1.82) is 0 Å². The average Bonchev–Trinajstić information content (AvgIpc) is 3.23. The molecule has 1 aliphatic carbocycles. The third-order valence-electron chi connectivity index (χ3n) is 5.35. The molecule has 0 aromatic carbocycles. The Balaban J connectivity index is 1.76. The molecule has 28 heavy (non-hydrogen) atoms. The highest BCUT2D eigenvalue weighted by atomic mass is 16.6. The Bertz CT molecular complexity index is 753. The molecule has 0 bridgehead atoms. The van der Waals surface area contributed by atoms with Crippen LogP contribution in [0.3, 0.4) is 0 Å². The number of ether oxygens (including phenoxy) is 1. The fraction of sp³-hybridized carbons (Fsp3) is 0.579. The third kappa shape index (κ3) is 4.59. The second kappa shape index (κ2) is 9.01. The summed E-state index contributed by atoms with van der Waals surface area (Å²) in [5.74, 6) is -0.993. The molecule has 1 saturated carbocycles. The maximum absolute atomic E-state index is 11.6. The van der Waals surface area contributed by atoms with E-state index in [1.807, 2.05) is 0 Å². The molecular weight excluding hydrogens is 364 g/mol. The van der Waals surface area contributed by atoms with Gasteiger partial charge in [0.25, 0.3) is 5.69 Å². The normalized spacial score (nSPS) is 19.0. The molecule has 0 spiro atoms. The number of carbonyl (C=O) groups is 1. The first-order chi connectivity index (χ1) is 13.5. The van der Waals surface area contributed by atoms with Crippen molar-refractivity contribution in [3.05, 3.63) is 33.7 Å². The number of carbonyl (C=O) groups excluding carboxylic acids is 1. The highest BCUT2D eigenvalue weighted by molar-refractivity contribution is 5.91. The summed E-state index contributed by atoms with van der Waals surface area (Å²) in [6, 6.07) is 2.21. The number of rotatable bonds is 6. The van der Waals surface area contributed by atoms with Crippen LogP contribution in [0.5, 0.6) is 0 Å². The Morgan fingerprint density at radius 2 is 2.04 bits per heavy atom. The first-order valence-corrected chi connectivity index (χ1v) is 9.70. The van der Waals surface area contributed by atoms with E-state index in [4.69, 9.17) is 4.74 Å². The summed E-state index contributed by atoms with van der Waals surface area (Å²) >= 11 is 0. The number of anilines is 1. The molecule has 1 aromatic rings. The smallest absolute Gasteiger partial charge is 0.373 e. The van der Waals surface area contributed by atoms with Crippen molar-refractivity contribution in [3.8, 4) is 0 Å². The van der Waals surface area contributed by atoms with Gasteiger partial charge in [-0.05, 0) is 25.8 Å². The van der Waals surface area contributed by atoms with Crippen LogP contribution in [0.4, 0.5) is 11.5 Å². The zero-order valence-corrected chi connectivity index (χ0v) is 16.0. The monoisotopic (exact) mass is 390 g/mol. The van der Waals surface area contributed by atoms with Crippen molar-refractivity contribution < 1.29 is 19.6 Å². The van der Waals surface area contributed by atoms with Crippen LogP contribution in [0.2, 0.25) is 0 Å². The molecule has 0 amide bonds. The van der Waals surface area contributed by atoms with Gasteiger partial charge < -0.3 is 14.7 Å². The number of hydrogen-bond acceptors (Lipinski definition) is 8.